The number of rotatable bonds is 6. The molecular weight excluding hydrogens is 312 g/mol. The Balaban J connectivity index is 2.07. The Hall–Kier alpha value is -3.22. The Kier molecular flexibility index (Phi) is 5.26. The summed E-state index contributed by atoms with van der Waals surface area (Å²) in [7, 11) is 0. The minimum atomic E-state index is -0.807. The Bertz CT molecular complexity index is 771. The van der Waals surface area contributed by atoms with Gasteiger partial charge in [-0.2, -0.15) is 0 Å². The summed E-state index contributed by atoms with van der Waals surface area (Å²) in [6.45, 7) is 2.97. The van der Waals surface area contributed by atoms with E-state index in [-0.39, 0.29) is 23.1 Å². The van der Waals surface area contributed by atoms with Gasteiger partial charge in [-0.1, -0.05) is 6.07 Å². The maximum atomic E-state index is 12.4. The summed E-state index contributed by atoms with van der Waals surface area (Å²) < 4.78 is 5.49. The standard InChI is InChI=1S/C17H16N2O5/c1-11(24-16-5-3-4-15(10-16)19(22)23)17(21)13-6-8-14(9-7-13)18-12(2)20/h3-11H,1-2H3,(H,18,20)/t11-/m1/s1. The van der Waals surface area contributed by atoms with Crippen molar-refractivity contribution in [3.8, 4) is 5.75 Å². The first-order chi connectivity index (χ1) is 11.4. The van der Waals surface area contributed by atoms with Crippen molar-refractivity contribution in [1.82, 2.24) is 0 Å². The van der Waals surface area contributed by atoms with Gasteiger partial charge < -0.3 is 10.1 Å². The lowest BCUT2D eigenvalue weighted by atomic mass is 10.1. The van der Waals surface area contributed by atoms with Gasteiger partial charge in [0.1, 0.15) is 5.75 Å². The number of carbonyl (C=O) groups excluding carboxylic acids is 2. The number of non-ortho nitro benzene ring substituents is 1. The van der Waals surface area contributed by atoms with Crippen molar-refractivity contribution < 1.29 is 19.2 Å². The van der Waals surface area contributed by atoms with Crippen LogP contribution in [-0.2, 0) is 4.79 Å². The average Bonchev–Trinajstić information content (AvgIpc) is 2.54. The number of ketones is 1. The predicted molar refractivity (Wildman–Crippen MR) is 88.3 cm³/mol. The Labute approximate surface area is 138 Å². The van der Waals surface area contributed by atoms with E-state index in [2.05, 4.69) is 5.32 Å². The summed E-state index contributed by atoms with van der Waals surface area (Å²) in [4.78, 5) is 33.6. The first-order valence-electron chi connectivity index (χ1n) is 7.20. The van der Waals surface area contributed by atoms with Crippen molar-refractivity contribution in [1.29, 1.82) is 0 Å². The van der Waals surface area contributed by atoms with Crippen LogP contribution in [0.2, 0.25) is 0 Å². The largest absolute Gasteiger partial charge is 0.482 e. The van der Waals surface area contributed by atoms with Gasteiger partial charge in [-0.05, 0) is 37.3 Å². The van der Waals surface area contributed by atoms with Gasteiger partial charge in [0.25, 0.3) is 5.69 Å². The van der Waals surface area contributed by atoms with Gasteiger partial charge in [0.2, 0.25) is 11.7 Å². The van der Waals surface area contributed by atoms with Gasteiger partial charge in [-0.3, -0.25) is 19.7 Å². The number of Topliss-reactive ketones (excluding diaryl/α,β-unsaturated/α-hetero) is 1. The molecule has 0 aromatic heterocycles. The van der Waals surface area contributed by atoms with Crippen LogP contribution in [0, 0.1) is 10.1 Å². The first-order valence-corrected chi connectivity index (χ1v) is 7.20. The molecule has 24 heavy (non-hydrogen) atoms. The van der Waals surface area contributed by atoms with Gasteiger partial charge in [0, 0.05) is 24.2 Å². The molecule has 0 unspecified atom stereocenters. The van der Waals surface area contributed by atoms with Gasteiger partial charge in [0.15, 0.2) is 6.10 Å². The van der Waals surface area contributed by atoms with Gasteiger partial charge in [-0.25, -0.2) is 0 Å². The molecule has 0 aliphatic rings. The lowest BCUT2D eigenvalue weighted by Gasteiger charge is -2.14. The quantitative estimate of drug-likeness (QED) is 0.499. The third-order valence-electron chi connectivity index (χ3n) is 3.20. The van der Waals surface area contributed by atoms with E-state index in [1.807, 2.05) is 0 Å². The zero-order chi connectivity index (χ0) is 17.7. The fourth-order valence-corrected chi connectivity index (χ4v) is 2.08. The fraction of sp³-hybridized carbons (Fsp3) is 0.176. The van der Waals surface area contributed by atoms with Crippen molar-refractivity contribution in [2.75, 3.05) is 5.32 Å². The predicted octanol–water partition coefficient (Wildman–Crippen LogP) is 3.20. The Morgan fingerprint density at radius 2 is 1.83 bits per heavy atom. The second-order valence-corrected chi connectivity index (χ2v) is 5.14. The molecule has 0 saturated heterocycles. The van der Waals surface area contributed by atoms with Crippen LogP contribution in [0.5, 0.6) is 5.75 Å². The Morgan fingerprint density at radius 1 is 1.17 bits per heavy atom. The topological polar surface area (TPSA) is 98.5 Å². The molecule has 0 bridgehead atoms. The normalized spacial score (nSPS) is 11.4. The minimum Gasteiger partial charge on any atom is -0.482 e. The van der Waals surface area contributed by atoms with E-state index < -0.39 is 11.0 Å². The average molecular weight is 328 g/mol. The van der Waals surface area contributed by atoms with Gasteiger partial charge in [0.05, 0.1) is 11.0 Å². The maximum Gasteiger partial charge on any atom is 0.273 e. The molecule has 2 aromatic rings. The van der Waals surface area contributed by atoms with Crippen molar-refractivity contribution in [3.05, 3.63) is 64.2 Å². The summed E-state index contributed by atoms with van der Waals surface area (Å²) >= 11 is 0. The van der Waals surface area contributed by atoms with Gasteiger partial charge >= 0.3 is 0 Å². The highest BCUT2D eigenvalue weighted by Gasteiger charge is 2.18. The van der Waals surface area contributed by atoms with E-state index in [4.69, 9.17) is 4.74 Å². The summed E-state index contributed by atoms with van der Waals surface area (Å²) in [5, 5.41) is 13.4. The van der Waals surface area contributed by atoms with E-state index in [0.717, 1.165) is 0 Å². The van der Waals surface area contributed by atoms with Crippen LogP contribution in [0.4, 0.5) is 11.4 Å². The third-order valence-corrected chi connectivity index (χ3v) is 3.20. The molecule has 1 N–H and O–H groups in total. The highest BCUT2D eigenvalue weighted by molar-refractivity contribution is 6.00. The summed E-state index contributed by atoms with van der Waals surface area (Å²) in [6.07, 6.45) is -0.807. The smallest absolute Gasteiger partial charge is 0.273 e. The van der Waals surface area contributed by atoms with Crippen LogP contribution in [0.25, 0.3) is 0 Å². The number of nitrogens with one attached hydrogen (secondary N) is 1. The van der Waals surface area contributed by atoms with Crippen molar-refractivity contribution in [2.45, 2.75) is 20.0 Å². The molecule has 7 nitrogen and oxygen atoms in total. The molecule has 7 heteroatoms. The summed E-state index contributed by atoms with van der Waals surface area (Å²) in [5.74, 6) is -0.216. The third kappa shape index (κ3) is 4.39. The molecule has 0 aliphatic heterocycles. The number of nitro benzene ring substituents is 1. The molecule has 0 heterocycles. The van der Waals surface area contributed by atoms with E-state index in [1.54, 1.807) is 37.3 Å². The molecule has 0 saturated carbocycles. The number of hydrogen-bond acceptors (Lipinski definition) is 5. The molecule has 1 amide bonds. The second kappa shape index (κ2) is 7.36. The maximum absolute atomic E-state index is 12.4. The SMILES string of the molecule is CC(=O)Nc1ccc(C(=O)[C@@H](C)Oc2cccc([N+](=O)[O-])c2)cc1. The molecule has 2 aromatic carbocycles. The number of ether oxygens (including phenoxy) is 1. The van der Waals surface area contributed by atoms with Crippen molar-refractivity contribution in [2.24, 2.45) is 0 Å². The molecule has 2 rings (SSSR count). The monoisotopic (exact) mass is 328 g/mol. The Morgan fingerprint density at radius 3 is 2.42 bits per heavy atom. The number of anilines is 1. The highest BCUT2D eigenvalue weighted by Crippen LogP contribution is 2.21. The van der Waals surface area contributed by atoms with E-state index >= 15 is 0 Å². The number of amides is 1. The number of nitro groups is 1. The summed E-state index contributed by atoms with van der Waals surface area (Å²) in [5.41, 5.74) is 0.903. The van der Waals surface area contributed by atoms with Crippen LogP contribution >= 0.6 is 0 Å². The lowest BCUT2D eigenvalue weighted by Crippen LogP contribution is -2.24. The highest BCUT2D eigenvalue weighted by atomic mass is 16.6. The van der Waals surface area contributed by atoms with Crippen LogP contribution < -0.4 is 10.1 Å². The van der Waals surface area contributed by atoms with Crippen LogP contribution in [-0.4, -0.2) is 22.7 Å². The molecule has 0 fully saturated rings. The van der Waals surface area contributed by atoms with E-state index in [9.17, 15) is 19.7 Å². The molecule has 124 valence electrons. The molecule has 0 aliphatic carbocycles. The molecule has 0 radical (unpaired) electrons. The first kappa shape index (κ1) is 17.1. The van der Waals surface area contributed by atoms with Crippen LogP contribution in [0.3, 0.4) is 0 Å². The summed E-state index contributed by atoms with van der Waals surface area (Å²) in [6, 6.07) is 12.1. The molecule has 1 atom stereocenters. The number of carbonyl (C=O) groups is 2. The fourth-order valence-electron chi connectivity index (χ4n) is 2.08. The van der Waals surface area contributed by atoms with Crippen LogP contribution in [0.15, 0.2) is 48.5 Å². The second-order valence-electron chi connectivity index (χ2n) is 5.14. The minimum absolute atomic E-state index is 0.105. The van der Waals surface area contributed by atoms with Crippen molar-refractivity contribution in [3.63, 3.8) is 0 Å². The zero-order valence-electron chi connectivity index (χ0n) is 13.2. The number of benzene rings is 2. The zero-order valence-corrected chi connectivity index (χ0v) is 13.2. The number of nitrogens with zero attached hydrogens (tertiary/aromatic N) is 1. The van der Waals surface area contributed by atoms with Crippen LogP contribution in [0.1, 0.15) is 24.2 Å². The van der Waals surface area contributed by atoms with E-state index in [0.29, 0.717) is 11.3 Å². The van der Waals surface area contributed by atoms with E-state index in [1.165, 1.54) is 25.1 Å². The van der Waals surface area contributed by atoms with Crippen molar-refractivity contribution >= 4 is 23.1 Å². The molecular formula is C17H16N2O5. The molecule has 0 spiro atoms. The number of hydrogen-bond donors (Lipinski definition) is 1. The van der Waals surface area contributed by atoms with Gasteiger partial charge in [-0.15, -0.1) is 0 Å². The lowest BCUT2D eigenvalue weighted by molar-refractivity contribution is -0.384.